The number of aryl methyl sites for hydroxylation is 2. The predicted octanol–water partition coefficient (Wildman–Crippen LogP) is 2.73. The van der Waals surface area contributed by atoms with Gasteiger partial charge in [0.1, 0.15) is 5.75 Å². The Bertz CT molecular complexity index is 594. The first kappa shape index (κ1) is 15.5. The molecule has 0 spiro atoms. The van der Waals surface area contributed by atoms with E-state index in [1.165, 1.54) is 32.9 Å². The van der Waals surface area contributed by atoms with Gasteiger partial charge in [-0.25, -0.2) is 0 Å². The summed E-state index contributed by atoms with van der Waals surface area (Å²) in [6.45, 7) is 4.02. The van der Waals surface area contributed by atoms with Crippen molar-refractivity contribution in [1.29, 1.82) is 0 Å². The third-order valence-electron chi connectivity index (χ3n) is 2.34. The topological polar surface area (TPSA) is 60.4 Å². The molecule has 0 aliphatic carbocycles. The van der Waals surface area contributed by atoms with Gasteiger partial charge in [-0.3, -0.25) is 4.79 Å². The molecule has 8 heteroatoms. The molecule has 4 nitrogen and oxygen atoms in total. The SMILES string of the molecule is CC(=O)c1cc(C)c(OS(=O)(=O)C(F)(F)F)c(C)c1. The summed E-state index contributed by atoms with van der Waals surface area (Å²) in [5, 5.41) is 0. The highest BCUT2D eigenvalue weighted by atomic mass is 32.2. The van der Waals surface area contributed by atoms with Crippen LogP contribution in [0.1, 0.15) is 28.4 Å². The Kier molecular flexibility index (Phi) is 3.94. The summed E-state index contributed by atoms with van der Waals surface area (Å²) in [5.74, 6) is -0.696. The molecule has 1 aromatic carbocycles. The monoisotopic (exact) mass is 296 g/mol. The first-order valence-electron chi connectivity index (χ1n) is 5.08. The fourth-order valence-electron chi connectivity index (χ4n) is 1.44. The lowest BCUT2D eigenvalue weighted by molar-refractivity contribution is -0.0500. The molecule has 0 fully saturated rings. The molecule has 0 N–H and O–H groups in total. The second-order valence-corrected chi connectivity index (χ2v) is 5.52. The number of carbonyl (C=O) groups is 1. The number of ketones is 1. The Morgan fingerprint density at radius 1 is 1.16 bits per heavy atom. The molecule has 19 heavy (non-hydrogen) atoms. The predicted molar refractivity (Wildman–Crippen MR) is 61.5 cm³/mol. The van der Waals surface area contributed by atoms with Crippen LogP contribution in [0.3, 0.4) is 0 Å². The van der Waals surface area contributed by atoms with E-state index in [9.17, 15) is 26.4 Å². The molecule has 0 heterocycles. The van der Waals surface area contributed by atoms with Crippen LogP contribution in [0, 0.1) is 13.8 Å². The van der Waals surface area contributed by atoms with Gasteiger partial charge in [-0.15, -0.1) is 0 Å². The van der Waals surface area contributed by atoms with Crippen molar-refractivity contribution in [1.82, 2.24) is 0 Å². The van der Waals surface area contributed by atoms with E-state index in [0.29, 0.717) is 0 Å². The van der Waals surface area contributed by atoms with Crippen molar-refractivity contribution >= 4 is 15.9 Å². The van der Waals surface area contributed by atoms with Crippen molar-refractivity contribution in [3.05, 3.63) is 28.8 Å². The molecule has 0 aliphatic rings. The zero-order valence-electron chi connectivity index (χ0n) is 10.3. The third-order valence-corrected chi connectivity index (χ3v) is 3.30. The Hall–Kier alpha value is -1.57. The van der Waals surface area contributed by atoms with Gasteiger partial charge in [0, 0.05) is 5.56 Å². The van der Waals surface area contributed by atoms with Crippen molar-refractivity contribution in [3.63, 3.8) is 0 Å². The van der Waals surface area contributed by atoms with Crippen molar-refractivity contribution in [2.45, 2.75) is 26.3 Å². The number of hydrogen-bond donors (Lipinski definition) is 0. The van der Waals surface area contributed by atoms with E-state index in [2.05, 4.69) is 4.18 Å². The van der Waals surface area contributed by atoms with Crippen LogP contribution in [0.4, 0.5) is 13.2 Å². The molecular weight excluding hydrogens is 285 g/mol. The van der Waals surface area contributed by atoms with E-state index < -0.39 is 21.4 Å². The highest BCUT2D eigenvalue weighted by Crippen LogP contribution is 2.31. The van der Waals surface area contributed by atoms with E-state index in [1.807, 2.05) is 0 Å². The average Bonchev–Trinajstić information content (AvgIpc) is 2.21. The first-order valence-corrected chi connectivity index (χ1v) is 6.49. The summed E-state index contributed by atoms with van der Waals surface area (Å²) in [6, 6.07) is 2.55. The molecule has 0 aromatic heterocycles. The lowest BCUT2D eigenvalue weighted by Gasteiger charge is -2.14. The normalized spacial score (nSPS) is 12.3. The number of Topliss-reactive ketones (excluding diaryl/α,β-unsaturated/α-hetero) is 1. The number of alkyl halides is 3. The number of carbonyl (C=O) groups excluding carboxylic acids is 1. The van der Waals surface area contributed by atoms with Gasteiger partial charge >= 0.3 is 15.6 Å². The van der Waals surface area contributed by atoms with Gasteiger partial charge in [-0.2, -0.15) is 21.6 Å². The fraction of sp³-hybridized carbons (Fsp3) is 0.364. The Morgan fingerprint density at radius 3 is 1.89 bits per heavy atom. The van der Waals surface area contributed by atoms with Gasteiger partial charge in [-0.1, -0.05) is 0 Å². The molecule has 0 radical (unpaired) electrons. The first-order chi connectivity index (χ1) is 8.45. The molecular formula is C11H11F3O4S. The Morgan fingerprint density at radius 2 is 1.58 bits per heavy atom. The van der Waals surface area contributed by atoms with E-state index in [-0.39, 0.29) is 22.5 Å². The van der Waals surface area contributed by atoms with Gasteiger partial charge < -0.3 is 4.18 Å². The van der Waals surface area contributed by atoms with Crippen LogP contribution in [0.15, 0.2) is 12.1 Å². The van der Waals surface area contributed by atoms with Crippen molar-refractivity contribution in [2.24, 2.45) is 0 Å². The van der Waals surface area contributed by atoms with Crippen molar-refractivity contribution in [2.75, 3.05) is 0 Å². The second kappa shape index (κ2) is 4.84. The number of rotatable bonds is 3. The lowest BCUT2D eigenvalue weighted by Crippen LogP contribution is -2.28. The molecule has 0 saturated heterocycles. The van der Waals surface area contributed by atoms with E-state index in [1.54, 1.807) is 0 Å². The van der Waals surface area contributed by atoms with Crippen LogP contribution in [0.25, 0.3) is 0 Å². The largest absolute Gasteiger partial charge is 0.534 e. The lowest BCUT2D eigenvalue weighted by atomic mass is 10.0. The minimum absolute atomic E-state index is 0.137. The van der Waals surface area contributed by atoms with Gasteiger partial charge in [0.15, 0.2) is 5.78 Å². The summed E-state index contributed by atoms with van der Waals surface area (Å²) in [7, 11) is -5.71. The summed E-state index contributed by atoms with van der Waals surface area (Å²) in [6.07, 6.45) is 0. The summed E-state index contributed by atoms with van der Waals surface area (Å²) >= 11 is 0. The summed E-state index contributed by atoms with van der Waals surface area (Å²) < 4.78 is 62.6. The number of hydrogen-bond acceptors (Lipinski definition) is 4. The maximum absolute atomic E-state index is 12.2. The smallest absolute Gasteiger partial charge is 0.375 e. The quantitative estimate of drug-likeness (QED) is 0.489. The van der Waals surface area contributed by atoms with E-state index >= 15 is 0 Å². The summed E-state index contributed by atoms with van der Waals surface area (Å²) in [5.41, 5.74) is -4.95. The molecule has 0 unspecified atom stereocenters. The average molecular weight is 296 g/mol. The van der Waals surface area contributed by atoms with Crippen LogP contribution in [0.2, 0.25) is 0 Å². The highest BCUT2D eigenvalue weighted by Gasteiger charge is 2.48. The zero-order chi connectivity index (χ0) is 15.0. The number of halogens is 3. The minimum atomic E-state index is -5.71. The number of benzene rings is 1. The van der Waals surface area contributed by atoms with Crippen LogP contribution in [-0.4, -0.2) is 19.7 Å². The minimum Gasteiger partial charge on any atom is -0.375 e. The van der Waals surface area contributed by atoms with Crippen molar-refractivity contribution < 1.29 is 30.6 Å². The van der Waals surface area contributed by atoms with Crippen LogP contribution >= 0.6 is 0 Å². The Balaban J connectivity index is 3.29. The van der Waals surface area contributed by atoms with Gasteiger partial charge in [-0.05, 0) is 44.0 Å². The second-order valence-electron chi connectivity index (χ2n) is 3.98. The molecule has 0 saturated carbocycles. The van der Waals surface area contributed by atoms with Gasteiger partial charge in [0.05, 0.1) is 0 Å². The molecule has 106 valence electrons. The van der Waals surface area contributed by atoms with Crippen LogP contribution < -0.4 is 4.18 Å². The van der Waals surface area contributed by atoms with Crippen LogP contribution in [-0.2, 0) is 10.1 Å². The van der Waals surface area contributed by atoms with Gasteiger partial charge in [0.25, 0.3) is 0 Å². The zero-order valence-corrected chi connectivity index (χ0v) is 11.1. The van der Waals surface area contributed by atoms with Gasteiger partial charge in [0.2, 0.25) is 0 Å². The summed E-state index contributed by atoms with van der Waals surface area (Å²) in [4.78, 5) is 11.2. The molecule has 0 bridgehead atoms. The molecule has 0 amide bonds. The molecule has 1 aromatic rings. The Labute approximate surface area is 108 Å². The van der Waals surface area contributed by atoms with E-state index in [0.717, 1.165) is 0 Å². The maximum Gasteiger partial charge on any atom is 0.534 e. The molecule has 0 atom stereocenters. The highest BCUT2D eigenvalue weighted by molar-refractivity contribution is 7.88. The third kappa shape index (κ3) is 3.25. The molecule has 0 aliphatic heterocycles. The molecule has 1 rings (SSSR count). The fourth-order valence-corrected chi connectivity index (χ4v) is 2.02. The standard InChI is InChI=1S/C11H11F3O4S/c1-6-4-9(8(3)15)5-7(2)10(6)18-19(16,17)11(12,13)14/h4-5H,1-3H3. The van der Waals surface area contributed by atoms with Crippen molar-refractivity contribution in [3.8, 4) is 5.75 Å². The van der Waals surface area contributed by atoms with Crippen LogP contribution in [0.5, 0.6) is 5.75 Å². The maximum atomic E-state index is 12.2. The van der Waals surface area contributed by atoms with E-state index in [4.69, 9.17) is 0 Å².